The largest absolute Gasteiger partial charge is 0.333 e. The van der Waals surface area contributed by atoms with Gasteiger partial charge in [0.05, 0.1) is 17.7 Å². The van der Waals surface area contributed by atoms with Crippen LogP contribution in [-0.2, 0) is 11.3 Å². The van der Waals surface area contributed by atoms with Gasteiger partial charge in [0.15, 0.2) is 5.16 Å². The Morgan fingerprint density at radius 3 is 2.84 bits per heavy atom. The van der Waals surface area contributed by atoms with Crippen LogP contribution >= 0.6 is 34.4 Å². The van der Waals surface area contributed by atoms with Gasteiger partial charge >= 0.3 is 0 Å². The van der Waals surface area contributed by atoms with Crippen LogP contribution in [0.2, 0.25) is 0 Å². The molecule has 3 heterocycles. The minimum atomic E-state index is 0.0316. The molecule has 31 heavy (non-hydrogen) atoms. The van der Waals surface area contributed by atoms with Crippen molar-refractivity contribution in [3.8, 4) is 0 Å². The molecule has 1 aliphatic carbocycles. The zero-order valence-electron chi connectivity index (χ0n) is 17.9. The molecule has 0 atom stereocenters. The van der Waals surface area contributed by atoms with Gasteiger partial charge in [0, 0.05) is 22.3 Å². The third-order valence-electron chi connectivity index (χ3n) is 5.85. The molecular formula is C23H27N3O2S3. The number of aryl methyl sites for hydroxylation is 2. The molecular weight excluding hydrogens is 446 g/mol. The lowest BCUT2D eigenvalue weighted by molar-refractivity contribution is -0.128. The smallest absolute Gasteiger partial charge is 0.263 e. The van der Waals surface area contributed by atoms with Crippen LogP contribution in [0.15, 0.2) is 40.1 Å². The van der Waals surface area contributed by atoms with Crippen LogP contribution in [-0.4, -0.2) is 32.7 Å². The molecule has 0 unspecified atom stereocenters. The van der Waals surface area contributed by atoms with E-state index < -0.39 is 0 Å². The molecule has 0 radical (unpaired) electrons. The topological polar surface area (TPSA) is 55.2 Å². The fourth-order valence-electron chi connectivity index (χ4n) is 4.09. The third kappa shape index (κ3) is 4.66. The number of carbonyl (C=O) groups is 1. The highest BCUT2D eigenvalue weighted by Gasteiger charge is 2.25. The second kappa shape index (κ2) is 9.71. The van der Waals surface area contributed by atoms with Crippen LogP contribution in [0.25, 0.3) is 10.2 Å². The molecule has 3 aromatic rings. The lowest BCUT2D eigenvalue weighted by atomic mass is 10.2. The summed E-state index contributed by atoms with van der Waals surface area (Å²) in [4.78, 5) is 36.2. The number of hydrogen-bond donors (Lipinski definition) is 0. The van der Waals surface area contributed by atoms with Gasteiger partial charge in [-0.3, -0.25) is 14.2 Å². The molecule has 164 valence electrons. The van der Waals surface area contributed by atoms with E-state index in [-0.39, 0.29) is 23.3 Å². The Hall–Kier alpha value is -1.90. The Kier molecular flexibility index (Phi) is 6.99. The first-order valence-corrected chi connectivity index (χ1v) is 13.2. The Morgan fingerprint density at radius 1 is 1.39 bits per heavy atom. The summed E-state index contributed by atoms with van der Waals surface area (Å²) < 4.78 is 1.88. The summed E-state index contributed by atoms with van der Waals surface area (Å²) in [7, 11) is 0. The van der Waals surface area contributed by atoms with E-state index in [0.29, 0.717) is 18.2 Å². The summed E-state index contributed by atoms with van der Waals surface area (Å²) in [6.45, 7) is 8.92. The van der Waals surface area contributed by atoms with Crippen LogP contribution < -0.4 is 5.56 Å². The third-order valence-corrected chi connectivity index (χ3v) is 8.75. The Labute approximate surface area is 194 Å². The fourth-order valence-corrected chi connectivity index (χ4v) is 6.85. The normalized spacial score (nSPS) is 14.4. The zero-order chi connectivity index (χ0) is 22.0. The van der Waals surface area contributed by atoms with E-state index in [1.54, 1.807) is 28.7 Å². The summed E-state index contributed by atoms with van der Waals surface area (Å²) >= 11 is 4.60. The minimum absolute atomic E-state index is 0.0316. The van der Waals surface area contributed by atoms with E-state index in [2.05, 4.69) is 6.58 Å². The maximum atomic E-state index is 13.5. The van der Waals surface area contributed by atoms with Crippen molar-refractivity contribution in [3.05, 3.63) is 55.8 Å². The average molecular weight is 474 g/mol. The van der Waals surface area contributed by atoms with Crippen molar-refractivity contribution in [1.82, 2.24) is 14.5 Å². The van der Waals surface area contributed by atoms with Crippen LogP contribution in [0, 0.1) is 13.8 Å². The predicted octanol–water partition coefficient (Wildman–Crippen LogP) is 5.56. The lowest BCUT2D eigenvalue weighted by Crippen LogP contribution is -2.32. The molecule has 0 aromatic carbocycles. The quantitative estimate of drug-likeness (QED) is 0.244. The van der Waals surface area contributed by atoms with Gasteiger partial charge in [0.25, 0.3) is 5.56 Å². The number of thiophene rings is 2. The van der Waals surface area contributed by atoms with Crippen molar-refractivity contribution in [2.75, 3.05) is 12.3 Å². The van der Waals surface area contributed by atoms with Gasteiger partial charge in [-0.05, 0) is 43.7 Å². The van der Waals surface area contributed by atoms with Gasteiger partial charge in [0.1, 0.15) is 4.83 Å². The number of nitrogens with zero attached hydrogens (tertiary/aromatic N) is 3. The van der Waals surface area contributed by atoms with E-state index in [1.165, 1.54) is 11.8 Å². The van der Waals surface area contributed by atoms with Crippen molar-refractivity contribution >= 4 is 50.6 Å². The molecule has 0 bridgehead atoms. The first-order chi connectivity index (χ1) is 15.0. The standard InChI is InChI=1S/C23H27N3O2S3/c1-4-11-25(13-18-10-7-12-29-18)19(27)14-30-23-24-21-20(15(2)16(3)31-21)22(28)26(23)17-8-5-6-9-17/h4,7,10,12,17H,1,5-6,8-9,11,13-14H2,2-3H3. The van der Waals surface area contributed by atoms with Gasteiger partial charge in [0.2, 0.25) is 5.91 Å². The number of fused-ring (bicyclic) bond motifs is 1. The van der Waals surface area contributed by atoms with Crippen LogP contribution in [0.5, 0.6) is 0 Å². The maximum absolute atomic E-state index is 13.5. The molecule has 4 rings (SSSR count). The number of aromatic nitrogens is 2. The van der Waals surface area contributed by atoms with E-state index in [4.69, 9.17) is 4.98 Å². The molecule has 1 amide bonds. The monoisotopic (exact) mass is 473 g/mol. The molecule has 5 nitrogen and oxygen atoms in total. The van der Waals surface area contributed by atoms with Crippen LogP contribution in [0.4, 0.5) is 0 Å². The van der Waals surface area contributed by atoms with Gasteiger partial charge in [-0.15, -0.1) is 29.3 Å². The SMILES string of the molecule is C=CCN(Cc1cccs1)C(=O)CSc1nc2sc(C)c(C)c2c(=O)n1C1CCCC1. The van der Waals surface area contributed by atoms with Crippen LogP contribution in [0.3, 0.4) is 0 Å². The summed E-state index contributed by atoms with van der Waals surface area (Å²) in [5, 5.41) is 3.44. The fraction of sp³-hybridized carbons (Fsp3) is 0.435. The Balaban J connectivity index is 1.62. The second-order valence-corrected chi connectivity index (χ2v) is 11.1. The van der Waals surface area contributed by atoms with E-state index in [0.717, 1.165) is 51.2 Å². The maximum Gasteiger partial charge on any atom is 0.263 e. The Morgan fingerprint density at radius 2 is 2.16 bits per heavy atom. The highest BCUT2D eigenvalue weighted by atomic mass is 32.2. The molecule has 0 spiro atoms. The second-order valence-electron chi connectivity index (χ2n) is 7.90. The Bertz CT molecular complexity index is 1140. The molecule has 0 N–H and O–H groups in total. The van der Waals surface area contributed by atoms with Crippen LogP contribution in [0.1, 0.15) is 47.0 Å². The molecule has 0 aliphatic heterocycles. The van der Waals surface area contributed by atoms with Crippen molar-refractivity contribution < 1.29 is 4.79 Å². The van der Waals surface area contributed by atoms with E-state index >= 15 is 0 Å². The highest BCUT2D eigenvalue weighted by Crippen LogP contribution is 2.34. The number of hydrogen-bond acceptors (Lipinski definition) is 6. The van der Waals surface area contributed by atoms with Gasteiger partial charge in [-0.25, -0.2) is 4.98 Å². The lowest BCUT2D eigenvalue weighted by Gasteiger charge is -2.21. The van der Waals surface area contributed by atoms with Crippen molar-refractivity contribution in [1.29, 1.82) is 0 Å². The average Bonchev–Trinajstić information content (AvgIpc) is 3.49. The van der Waals surface area contributed by atoms with Crippen molar-refractivity contribution in [2.45, 2.75) is 57.3 Å². The first kappa shape index (κ1) is 22.3. The van der Waals surface area contributed by atoms with Gasteiger partial charge < -0.3 is 4.90 Å². The number of carbonyl (C=O) groups excluding carboxylic acids is 1. The molecule has 3 aromatic heterocycles. The minimum Gasteiger partial charge on any atom is -0.333 e. The van der Waals surface area contributed by atoms with Crippen molar-refractivity contribution in [2.24, 2.45) is 0 Å². The number of rotatable bonds is 8. The van der Waals surface area contributed by atoms with E-state index in [1.807, 2.05) is 40.8 Å². The molecule has 1 saturated carbocycles. The summed E-state index contributed by atoms with van der Waals surface area (Å²) in [5.41, 5.74) is 1.08. The van der Waals surface area contributed by atoms with Gasteiger partial charge in [-0.2, -0.15) is 0 Å². The molecule has 8 heteroatoms. The summed E-state index contributed by atoms with van der Waals surface area (Å²) in [6.07, 6.45) is 6.02. The predicted molar refractivity (Wildman–Crippen MR) is 132 cm³/mol. The first-order valence-electron chi connectivity index (χ1n) is 10.6. The summed E-state index contributed by atoms with van der Waals surface area (Å²) in [6, 6.07) is 4.21. The number of amides is 1. The highest BCUT2D eigenvalue weighted by molar-refractivity contribution is 7.99. The molecule has 0 saturated heterocycles. The van der Waals surface area contributed by atoms with Crippen molar-refractivity contribution in [3.63, 3.8) is 0 Å². The zero-order valence-corrected chi connectivity index (χ0v) is 20.4. The number of thioether (sulfide) groups is 1. The summed E-state index contributed by atoms with van der Waals surface area (Å²) in [5.74, 6) is 0.289. The van der Waals surface area contributed by atoms with Gasteiger partial charge in [-0.1, -0.05) is 36.7 Å². The van der Waals surface area contributed by atoms with E-state index in [9.17, 15) is 9.59 Å². The molecule has 1 fully saturated rings. The molecule has 1 aliphatic rings.